The van der Waals surface area contributed by atoms with Crippen LogP contribution in [0.3, 0.4) is 0 Å². The number of nitrogens with zero attached hydrogens (tertiary/aromatic N) is 1. The third-order valence-electron chi connectivity index (χ3n) is 3.31. The van der Waals surface area contributed by atoms with Crippen molar-refractivity contribution in [1.82, 2.24) is 0 Å². The van der Waals surface area contributed by atoms with Crippen molar-refractivity contribution in [3.63, 3.8) is 0 Å². The van der Waals surface area contributed by atoms with Gasteiger partial charge in [-0.05, 0) is 29.8 Å². The molecular weight excluding hydrogens is 306 g/mol. The van der Waals surface area contributed by atoms with E-state index in [1.54, 1.807) is 18.9 Å². The summed E-state index contributed by atoms with van der Waals surface area (Å²) in [5.41, 5.74) is 1.67. The first-order chi connectivity index (χ1) is 10.0. The quantitative estimate of drug-likeness (QED) is 0.870. The van der Waals surface area contributed by atoms with E-state index in [9.17, 15) is 8.42 Å². The highest BCUT2D eigenvalue weighted by molar-refractivity contribution is 8.02. The van der Waals surface area contributed by atoms with Gasteiger partial charge < -0.3 is 4.74 Å². The third-order valence-corrected chi connectivity index (χ3v) is 5.87. The van der Waals surface area contributed by atoms with Crippen LogP contribution in [-0.2, 0) is 10.0 Å². The van der Waals surface area contributed by atoms with Gasteiger partial charge in [0.15, 0.2) is 0 Å². The summed E-state index contributed by atoms with van der Waals surface area (Å²) in [6.45, 7) is 0. The van der Waals surface area contributed by atoms with E-state index in [4.69, 9.17) is 4.74 Å². The molecule has 0 saturated heterocycles. The number of rotatable bonds is 3. The molecule has 21 heavy (non-hydrogen) atoms. The fourth-order valence-corrected chi connectivity index (χ4v) is 5.19. The average Bonchev–Trinajstić information content (AvgIpc) is 2.86. The molecule has 2 aromatic rings. The predicted molar refractivity (Wildman–Crippen MR) is 85.4 cm³/mol. The Hall–Kier alpha value is -1.66. The van der Waals surface area contributed by atoms with E-state index in [2.05, 4.69) is 0 Å². The lowest BCUT2D eigenvalue weighted by Gasteiger charge is -2.24. The third kappa shape index (κ3) is 2.61. The van der Waals surface area contributed by atoms with Crippen LogP contribution in [0.1, 0.15) is 10.9 Å². The van der Waals surface area contributed by atoms with Crippen LogP contribution in [0.5, 0.6) is 5.75 Å². The Kier molecular flexibility index (Phi) is 3.59. The van der Waals surface area contributed by atoms with Crippen LogP contribution in [0, 0.1) is 0 Å². The van der Waals surface area contributed by atoms with Crippen molar-refractivity contribution < 1.29 is 13.2 Å². The lowest BCUT2D eigenvalue weighted by atomic mass is 10.2. The van der Waals surface area contributed by atoms with Gasteiger partial charge in [0, 0.05) is 4.90 Å². The molecule has 1 aliphatic rings. The minimum absolute atomic E-state index is 0.275. The minimum Gasteiger partial charge on any atom is -0.497 e. The molecule has 0 aliphatic carbocycles. The molecule has 0 aromatic heterocycles. The SMILES string of the molecule is COc1ccc([C@H]2Sc3ccccc3N2S(C)(=O)=O)cc1. The number of methoxy groups -OCH3 is 1. The molecule has 0 amide bonds. The van der Waals surface area contributed by atoms with Crippen molar-refractivity contribution in [2.45, 2.75) is 10.3 Å². The van der Waals surface area contributed by atoms with Crippen LogP contribution in [0.2, 0.25) is 0 Å². The van der Waals surface area contributed by atoms with E-state index < -0.39 is 10.0 Å². The molecule has 1 heterocycles. The number of hydrogen-bond acceptors (Lipinski definition) is 4. The molecule has 0 saturated carbocycles. The normalized spacial score (nSPS) is 17.6. The average molecular weight is 321 g/mol. The first-order valence-electron chi connectivity index (χ1n) is 6.40. The summed E-state index contributed by atoms with van der Waals surface area (Å²) in [4.78, 5) is 0.976. The highest BCUT2D eigenvalue weighted by Gasteiger charge is 2.36. The van der Waals surface area contributed by atoms with Gasteiger partial charge in [-0.2, -0.15) is 0 Å². The van der Waals surface area contributed by atoms with Crippen molar-refractivity contribution in [3.8, 4) is 5.75 Å². The largest absolute Gasteiger partial charge is 0.497 e. The lowest BCUT2D eigenvalue weighted by Crippen LogP contribution is -2.29. The van der Waals surface area contributed by atoms with Gasteiger partial charge in [-0.25, -0.2) is 8.42 Å². The van der Waals surface area contributed by atoms with Gasteiger partial charge in [-0.3, -0.25) is 4.31 Å². The molecule has 1 atom stereocenters. The van der Waals surface area contributed by atoms with Crippen molar-refractivity contribution in [2.75, 3.05) is 17.7 Å². The van der Waals surface area contributed by atoms with Crippen LogP contribution in [-0.4, -0.2) is 21.8 Å². The van der Waals surface area contributed by atoms with Gasteiger partial charge >= 0.3 is 0 Å². The number of benzene rings is 2. The van der Waals surface area contributed by atoms with Crippen LogP contribution in [0.25, 0.3) is 0 Å². The Morgan fingerprint density at radius 1 is 1.10 bits per heavy atom. The summed E-state index contributed by atoms with van der Waals surface area (Å²) in [7, 11) is -1.74. The Morgan fingerprint density at radius 2 is 1.76 bits per heavy atom. The highest BCUT2D eigenvalue weighted by atomic mass is 32.2. The van der Waals surface area contributed by atoms with Crippen LogP contribution >= 0.6 is 11.8 Å². The van der Waals surface area contributed by atoms with Gasteiger partial charge in [0.2, 0.25) is 10.0 Å². The molecule has 0 fully saturated rings. The molecule has 0 spiro atoms. The summed E-state index contributed by atoms with van der Waals surface area (Å²) in [5, 5.41) is -0.275. The second-order valence-corrected chi connectivity index (χ2v) is 7.75. The Bertz CT molecular complexity index is 757. The molecule has 0 N–H and O–H groups in total. The monoisotopic (exact) mass is 321 g/mol. The Morgan fingerprint density at radius 3 is 2.38 bits per heavy atom. The van der Waals surface area contributed by atoms with E-state index in [0.717, 1.165) is 21.9 Å². The second kappa shape index (κ2) is 5.27. The van der Waals surface area contributed by atoms with E-state index in [1.165, 1.54) is 10.6 Å². The Balaban J connectivity index is 2.06. The molecule has 2 aromatic carbocycles. The van der Waals surface area contributed by atoms with E-state index in [-0.39, 0.29) is 5.37 Å². The number of sulfonamides is 1. The molecule has 4 nitrogen and oxygen atoms in total. The van der Waals surface area contributed by atoms with Crippen LogP contribution in [0.15, 0.2) is 53.4 Å². The fourth-order valence-electron chi connectivity index (χ4n) is 2.36. The maximum Gasteiger partial charge on any atom is 0.233 e. The van der Waals surface area contributed by atoms with Gasteiger partial charge in [-0.15, -0.1) is 0 Å². The molecular formula is C15H15NO3S2. The maximum absolute atomic E-state index is 12.2. The standard InChI is InChI=1S/C15H15NO3S2/c1-19-12-9-7-11(8-10-12)15-16(21(2,17)18)13-5-3-4-6-14(13)20-15/h3-10,15H,1-2H3/t15-/m1/s1. The fraction of sp³-hybridized carbons (Fsp3) is 0.200. The minimum atomic E-state index is -3.35. The molecule has 1 aliphatic heterocycles. The van der Waals surface area contributed by atoms with Crippen LogP contribution in [0.4, 0.5) is 5.69 Å². The van der Waals surface area contributed by atoms with Gasteiger partial charge in [0.25, 0.3) is 0 Å². The Labute approximate surface area is 128 Å². The zero-order valence-electron chi connectivity index (χ0n) is 11.7. The topological polar surface area (TPSA) is 46.6 Å². The maximum atomic E-state index is 12.2. The molecule has 3 rings (SSSR count). The molecule has 110 valence electrons. The number of hydrogen-bond donors (Lipinski definition) is 0. The van der Waals surface area contributed by atoms with Gasteiger partial charge in [0.05, 0.1) is 19.1 Å². The lowest BCUT2D eigenvalue weighted by molar-refractivity contribution is 0.414. The van der Waals surface area contributed by atoms with Gasteiger partial charge in [-0.1, -0.05) is 36.0 Å². The number of thioether (sulfide) groups is 1. The number of para-hydroxylation sites is 1. The van der Waals surface area contributed by atoms with Crippen LogP contribution < -0.4 is 9.04 Å². The summed E-state index contributed by atoms with van der Waals surface area (Å²) in [6, 6.07) is 15.1. The van der Waals surface area contributed by atoms with Crippen molar-refractivity contribution in [3.05, 3.63) is 54.1 Å². The van der Waals surface area contributed by atoms with E-state index in [0.29, 0.717) is 0 Å². The second-order valence-electron chi connectivity index (χ2n) is 4.77. The molecule has 0 radical (unpaired) electrons. The molecule has 0 bridgehead atoms. The summed E-state index contributed by atoms with van der Waals surface area (Å²) in [6.07, 6.45) is 1.24. The van der Waals surface area contributed by atoms with E-state index >= 15 is 0 Å². The predicted octanol–water partition coefficient (Wildman–Crippen LogP) is 3.27. The summed E-state index contributed by atoms with van der Waals surface area (Å²) < 4.78 is 31.0. The highest BCUT2D eigenvalue weighted by Crippen LogP contribution is 2.52. The smallest absolute Gasteiger partial charge is 0.233 e. The van der Waals surface area contributed by atoms with Crippen molar-refractivity contribution in [2.24, 2.45) is 0 Å². The van der Waals surface area contributed by atoms with Gasteiger partial charge in [0.1, 0.15) is 11.1 Å². The number of anilines is 1. The number of fused-ring (bicyclic) bond motifs is 1. The number of ether oxygens (including phenoxy) is 1. The van der Waals surface area contributed by atoms with Crippen molar-refractivity contribution >= 4 is 27.5 Å². The molecule has 6 heteroatoms. The molecule has 0 unspecified atom stereocenters. The van der Waals surface area contributed by atoms with Crippen molar-refractivity contribution in [1.29, 1.82) is 0 Å². The van der Waals surface area contributed by atoms with E-state index in [1.807, 2.05) is 48.5 Å². The summed E-state index contributed by atoms with van der Waals surface area (Å²) in [5.74, 6) is 0.755. The summed E-state index contributed by atoms with van der Waals surface area (Å²) >= 11 is 1.54. The first-order valence-corrected chi connectivity index (χ1v) is 9.12. The first kappa shape index (κ1) is 14.3. The zero-order valence-corrected chi connectivity index (χ0v) is 13.3. The zero-order chi connectivity index (χ0) is 15.0.